The lowest BCUT2D eigenvalue weighted by molar-refractivity contribution is -0.468. The molecule has 47 heavy (non-hydrogen) atoms. The van der Waals surface area contributed by atoms with E-state index >= 15 is 0 Å². The van der Waals surface area contributed by atoms with E-state index in [0.717, 1.165) is 33.5 Å². The van der Waals surface area contributed by atoms with Crippen LogP contribution in [0.5, 0.6) is 0 Å². The number of amides is 1. The molecule has 0 aliphatic heterocycles. The number of nitrogens with one attached hydrogen (secondary N) is 1. The average molecular weight is 678 g/mol. The van der Waals surface area contributed by atoms with Gasteiger partial charge in [-0.05, 0) is 49.4 Å². The first-order valence-electron chi connectivity index (χ1n) is 13.8. The Hall–Kier alpha value is -4.81. The summed E-state index contributed by atoms with van der Waals surface area (Å²) in [7, 11) is -3.10. The molecule has 1 aromatic heterocycles. The maximum atomic E-state index is 13.5. The number of ether oxygens (including phenoxy) is 2. The predicted molar refractivity (Wildman–Crippen MR) is 159 cm³/mol. The number of esters is 1. The number of alkyl halides is 3. The van der Waals surface area contributed by atoms with E-state index in [4.69, 9.17) is 14.3 Å². The summed E-state index contributed by atoms with van der Waals surface area (Å²) in [6.07, 6.45) is -7.25. The van der Waals surface area contributed by atoms with Crippen LogP contribution < -0.4 is 4.72 Å². The first-order valence-corrected chi connectivity index (χ1v) is 15.3. The summed E-state index contributed by atoms with van der Waals surface area (Å²) in [6, 6.07) is 20.4. The molecular formula is C30H30F3N5O8S. The molecule has 0 fully saturated rings. The van der Waals surface area contributed by atoms with E-state index in [1.807, 2.05) is 6.92 Å². The maximum absolute atomic E-state index is 13.5. The Morgan fingerprint density at radius 3 is 2.28 bits per heavy atom. The second-order valence-electron chi connectivity index (χ2n) is 10.0. The number of rotatable bonds is 12. The number of aromatic nitrogens is 2. The van der Waals surface area contributed by atoms with Gasteiger partial charge in [0.15, 0.2) is 5.69 Å². The summed E-state index contributed by atoms with van der Waals surface area (Å²) >= 11 is 0. The number of carbonyl (C=O) groups excluding carboxylic acids is 2. The number of benzene rings is 3. The fraction of sp³-hybridized carbons (Fsp3) is 0.233. The van der Waals surface area contributed by atoms with E-state index in [-0.39, 0.29) is 33.7 Å². The van der Waals surface area contributed by atoms with Gasteiger partial charge < -0.3 is 9.47 Å². The molecule has 1 heterocycles. The number of hydrogen-bond acceptors (Lipinski definition) is 11. The fourth-order valence-corrected chi connectivity index (χ4v) is 4.89. The van der Waals surface area contributed by atoms with E-state index in [9.17, 15) is 36.4 Å². The lowest BCUT2D eigenvalue weighted by atomic mass is 10.1. The van der Waals surface area contributed by atoms with Crippen LogP contribution in [0.3, 0.4) is 0 Å². The van der Waals surface area contributed by atoms with Crippen molar-refractivity contribution < 1.29 is 50.7 Å². The van der Waals surface area contributed by atoms with Crippen LogP contribution >= 0.6 is 0 Å². The zero-order valence-electron chi connectivity index (χ0n) is 25.2. The number of halogens is 3. The maximum Gasteiger partial charge on any atom is 0.435 e. The molecule has 0 saturated heterocycles. The summed E-state index contributed by atoms with van der Waals surface area (Å²) in [5.74, 6) is -0.686. The van der Waals surface area contributed by atoms with Gasteiger partial charge in [-0.2, -0.15) is 23.3 Å². The molecule has 2 N–H and O–H groups in total. The normalized spacial score (nSPS) is 12.6. The first kappa shape index (κ1) is 35.1. The number of hydrogen-bond donors (Lipinski definition) is 2. The van der Waals surface area contributed by atoms with Crippen molar-refractivity contribution in [2.75, 3.05) is 20.2 Å². The number of aryl methyl sites for hydroxylation is 1. The molecule has 4 aromatic rings. The van der Waals surface area contributed by atoms with Gasteiger partial charge in [-0.15, -0.1) is 0 Å². The van der Waals surface area contributed by atoms with Crippen LogP contribution in [0.25, 0.3) is 16.9 Å². The Morgan fingerprint density at radius 2 is 1.66 bits per heavy atom. The topological polar surface area (TPSA) is 153 Å². The molecule has 1 amide bonds. The van der Waals surface area contributed by atoms with Crippen molar-refractivity contribution in [1.82, 2.24) is 24.8 Å². The van der Waals surface area contributed by atoms with E-state index < -0.39 is 46.9 Å². The number of likely N-dealkylation sites (N-methyl/N-ethyl adjacent to an activating group) is 1. The van der Waals surface area contributed by atoms with Gasteiger partial charge in [0, 0.05) is 24.9 Å². The summed E-state index contributed by atoms with van der Waals surface area (Å²) < 4.78 is 78.7. The van der Waals surface area contributed by atoms with Gasteiger partial charge in [-0.1, -0.05) is 48.0 Å². The zero-order chi connectivity index (χ0) is 34.4. The highest BCUT2D eigenvalue weighted by Crippen LogP contribution is 2.33. The fourth-order valence-electron chi connectivity index (χ4n) is 3.99. The van der Waals surface area contributed by atoms with Crippen molar-refractivity contribution in [2.24, 2.45) is 0 Å². The Bertz CT molecular complexity index is 1780. The van der Waals surface area contributed by atoms with E-state index in [1.54, 1.807) is 47.2 Å². The summed E-state index contributed by atoms with van der Waals surface area (Å²) in [5.41, 5.74) is 0.783. The highest BCUT2D eigenvalue weighted by atomic mass is 32.2. The van der Waals surface area contributed by atoms with Crippen LogP contribution in [0.2, 0.25) is 0 Å². The second-order valence-corrected chi connectivity index (χ2v) is 11.7. The molecule has 13 nitrogen and oxygen atoms in total. The third-order valence-corrected chi connectivity index (χ3v) is 7.75. The van der Waals surface area contributed by atoms with E-state index in [1.165, 1.54) is 38.2 Å². The highest BCUT2D eigenvalue weighted by molar-refractivity contribution is 7.90. The number of hydrazine groups is 1. The lowest BCUT2D eigenvalue weighted by Crippen LogP contribution is -2.42. The molecule has 17 heteroatoms. The quantitative estimate of drug-likeness (QED) is 0.119. The third kappa shape index (κ3) is 9.36. The molecule has 0 spiro atoms. The smallest absolute Gasteiger partial charge is 0.435 e. The van der Waals surface area contributed by atoms with Gasteiger partial charge in [0.25, 0.3) is 10.0 Å². The standard InChI is InChI=1S/C30H30F3N5O8S/c1-20-9-11-22(12-10-20)26-19-27(30(31,32)33)34-37(26)24-13-15-25(16-14-24)47(42,43)35-29(40)44-18-17-36(3)38(41)46-21(2)45-28(39)23-7-5-4-6-8-23/h4-16,19,21,41H,17-18H2,1-3H3,(H,35,40). The minimum Gasteiger partial charge on any atom is -0.447 e. The molecule has 0 aliphatic rings. The van der Waals surface area contributed by atoms with Crippen molar-refractivity contribution in [3.63, 3.8) is 0 Å². The van der Waals surface area contributed by atoms with Crippen LogP contribution in [-0.4, -0.2) is 72.3 Å². The highest BCUT2D eigenvalue weighted by Gasteiger charge is 2.35. The van der Waals surface area contributed by atoms with Gasteiger partial charge in [0.1, 0.15) is 6.61 Å². The molecule has 0 radical (unpaired) electrons. The summed E-state index contributed by atoms with van der Waals surface area (Å²) in [5, 5.41) is 15.0. The minimum absolute atomic E-state index is 0.133. The Balaban J connectivity index is 1.32. The largest absolute Gasteiger partial charge is 0.447 e. The summed E-state index contributed by atoms with van der Waals surface area (Å²) in [4.78, 5) is 29.0. The molecule has 1 unspecified atom stereocenters. The van der Waals surface area contributed by atoms with E-state index in [0.29, 0.717) is 5.56 Å². The monoisotopic (exact) mass is 677 g/mol. The van der Waals surface area contributed by atoms with Crippen LogP contribution in [-0.2, 0) is 30.5 Å². The Morgan fingerprint density at radius 1 is 1.02 bits per heavy atom. The number of carbonyl (C=O) groups is 2. The molecule has 1 atom stereocenters. The lowest BCUT2D eigenvalue weighted by Gasteiger charge is -2.26. The van der Waals surface area contributed by atoms with Crippen molar-refractivity contribution >= 4 is 22.1 Å². The van der Waals surface area contributed by atoms with Gasteiger partial charge in [0.05, 0.1) is 28.4 Å². The molecule has 250 valence electrons. The second kappa shape index (κ2) is 14.7. The summed E-state index contributed by atoms with van der Waals surface area (Å²) in [6.45, 7) is 2.61. The van der Waals surface area contributed by atoms with Gasteiger partial charge in [-0.25, -0.2) is 32.2 Å². The molecule has 0 aliphatic carbocycles. The molecule has 0 bridgehead atoms. The van der Waals surface area contributed by atoms with Crippen molar-refractivity contribution in [2.45, 2.75) is 31.2 Å². The van der Waals surface area contributed by atoms with Crippen LogP contribution in [0.1, 0.15) is 28.5 Å². The zero-order valence-corrected chi connectivity index (χ0v) is 26.0. The van der Waals surface area contributed by atoms with Crippen molar-refractivity contribution in [1.29, 1.82) is 0 Å². The van der Waals surface area contributed by atoms with Crippen LogP contribution in [0, 0.1) is 6.92 Å². The van der Waals surface area contributed by atoms with Crippen molar-refractivity contribution in [3.05, 3.63) is 102 Å². The van der Waals surface area contributed by atoms with Crippen LogP contribution in [0.4, 0.5) is 18.0 Å². The van der Waals surface area contributed by atoms with E-state index in [2.05, 4.69) is 5.10 Å². The van der Waals surface area contributed by atoms with Crippen LogP contribution in [0.15, 0.2) is 89.8 Å². The predicted octanol–water partition coefficient (Wildman–Crippen LogP) is 4.95. The first-order chi connectivity index (χ1) is 22.1. The Labute approximate surface area is 267 Å². The van der Waals surface area contributed by atoms with Gasteiger partial charge in [-0.3, -0.25) is 5.21 Å². The Kier molecular flexibility index (Phi) is 11.0. The van der Waals surface area contributed by atoms with Crippen molar-refractivity contribution in [3.8, 4) is 16.9 Å². The van der Waals surface area contributed by atoms with Gasteiger partial charge in [0.2, 0.25) is 6.29 Å². The SMILES string of the molecule is Cc1ccc(-c2cc(C(F)(F)F)nn2-c2ccc(S(=O)(=O)NC(=O)OCCN(C)N(O)OC(C)OC(=O)c3ccccc3)cc2)cc1. The minimum atomic E-state index is -4.72. The molecule has 4 rings (SSSR count). The molecular weight excluding hydrogens is 647 g/mol. The third-order valence-electron chi connectivity index (χ3n) is 6.42. The number of sulfonamides is 1. The number of nitrogens with zero attached hydrogens (tertiary/aromatic N) is 4. The average Bonchev–Trinajstić information content (AvgIpc) is 3.48. The molecule has 3 aromatic carbocycles. The van der Waals surface area contributed by atoms with Gasteiger partial charge >= 0.3 is 18.2 Å². The molecule has 0 saturated carbocycles.